The van der Waals surface area contributed by atoms with E-state index in [1.807, 2.05) is 6.07 Å². The standard InChI is InChI=1S/C13H20N2/c1-3-10(4-2)15-9-8-11-12(14)6-5-7-13(11)15/h5-7,10H,3-4,8-9,14H2,1-2H3. The number of nitrogens with zero attached hydrogens (tertiary/aromatic N) is 1. The first-order valence-corrected chi connectivity index (χ1v) is 5.91. The number of hydrogen-bond donors (Lipinski definition) is 1. The molecule has 0 radical (unpaired) electrons. The molecule has 1 aliphatic rings. The highest BCUT2D eigenvalue weighted by Crippen LogP contribution is 2.34. The zero-order chi connectivity index (χ0) is 10.8. The molecule has 1 aliphatic heterocycles. The fourth-order valence-corrected chi connectivity index (χ4v) is 2.59. The van der Waals surface area contributed by atoms with Crippen LogP contribution >= 0.6 is 0 Å². The zero-order valence-electron chi connectivity index (χ0n) is 9.66. The summed E-state index contributed by atoms with van der Waals surface area (Å²) in [5.41, 5.74) is 9.67. The lowest BCUT2D eigenvalue weighted by atomic mass is 10.1. The molecule has 0 aromatic heterocycles. The summed E-state index contributed by atoms with van der Waals surface area (Å²) in [6.07, 6.45) is 3.54. The molecular weight excluding hydrogens is 184 g/mol. The van der Waals surface area contributed by atoms with Crippen molar-refractivity contribution in [2.24, 2.45) is 0 Å². The molecule has 0 aliphatic carbocycles. The van der Waals surface area contributed by atoms with E-state index in [1.54, 1.807) is 0 Å². The summed E-state index contributed by atoms with van der Waals surface area (Å²) in [6, 6.07) is 6.95. The van der Waals surface area contributed by atoms with Gasteiger partial charge in [-0.1, -0.05) is 19.9 Å². The molecule has 15 heavy (non-hydrogen) atoms. The Morgan fingerprint density at radius 3 is 2.73 bits per heavy atom. The normalized spacial score (nSPS) is 14.7. The van der Waals surface area contributed by atoms with Crippen molar-refractivity contribution in [2.75, 3.05) is 17.2 Å². The lowest BCUT2D eigenvalue weighted by Crippen LogP contribution is -2.32. The number of rotatable bonds is 3. The molecule has 0 saturated carbocycles. The summed E-state index contributed by atoms with van der Waals surface area (Å²) in [4.78, 5) is 2.52. The summed E-state index contributed by atoms with van der Waals surface area (Å²) in [5.74, 6) is 0. The van der Waals surface area contributed by atoms with Crippen LogP contribution in [0, 0.1) is 0 Å². The van der Waals surface area contributed by atoms with Gasteiger partial charge in [-0.05, 0) is 31.4 Å². The van der Waals surface area contributed by atoms with Gasteiger partial charge in [0.05, 0.1) is 0 Å². The zero-order valence-corrected chi connectivity index (χ0v) is 9.66. The summed E-state index contributed by atoms with van der Waals surface area (Å²) < 4.78 is 0. The van der Waals surface area contributed by atoms with Crippen LogP contribution in [0.15, 0.2) is 18.2 Å². The number of nitrogen functional groups attached to an aromatic ring is 1. The molecule has 82 valence electrons. The van der Waals surface area contributed by atoms with Crippen LogP contribution in [0.3, 0.4) is 0 Å². The second-order valence-corrected chi connectivity index (χ2v) is 4.26. The van der Waals surface area contributed by atoms with E-state index in [0.717, 1.165) is 18.7 Å². The average Bonchev–Trinajstić information content (AvgIpc) is 2.66. The Morgan fingerprint density at radius 2 is 2.07 bits per heavy atom. The predicted octanol–water partition coefficient (Wildman–Crippen LogP) is 2.82. The van der Waals surface area contributed by atoms with Crippen LogP contribution in [0.2, 0.25) is 0 Å². The third-order valence-electron chi connectivity index (χ3n) is 3.48. The fraction of sp³-hybridized carbons (Fsp3) is 0.538. The van der Waals surface area contributed by atoms with E-state index in [0.29, 0.717) is 6.04 Å². The van der Waals surface area contributed by atoms with Gasteiger partial charge in [0.2, 0.25) is 0 Å². The van der Waals surface area contributed by atoms with Crippen LogP contribution < -0.4 is 10.6 Å². The minimum Gasteiger partial charge on any atom is -0.398 e. The summed E-state index contributed by atoms with van der Waals surface area (Å²) in [5, 5.41) is 0. The van der Waals surface area contributed by atoms with E-state index in [-0.39, 0.29) is 0 Å². The summed E-state index contributed by atoms with van der Waals surface area (Å²) >= 11 is 0. The van der Waals surface area contributed by atoms with Gasteiger partial charge < -0.3 is 10.6 Å². The highest BCUT2D eigenvalue weighted by atomic mass is 15.2. The van der Waals surface area contributed by atoms with Gasteiger partial charge in [-0.15, -0.1) is 0 Å². The number of benzene rings is 1. The predicted molar refractivity (Wildman–Crippen MR) is 66.3 cm³/mol. The van der Waals surface area contributed by atoms with E-state index in [9.17, 15) is 0 Å². The van der Waals surface area contributed by atoms with Crippen molar-refractivity contribution in [1.29, 1.82) is 0 Å². The third kappa shape index (κ3) is 1.69. The van der Waals surface area contributed by atoms with Crippen molar-refractivity contribution >= 4 is 11.4 Å². The summed E-state index contributed by atoms with van der Waals surface area (Å²) in [6.45, 7) is 5.66. The SMILES string of the molecule is CCC(CC)N1CCc2c(N)cccc21. The lowest BCUT2D eigenvalue weighted by molar-refractivity contribution is 0.571. The van der Waals surface area contributed by atoms with Crippen molar-refractivity contribution in [1.82, 2.24) is 0 Å². The van der Waals surface area contributed by atoms with Gasteiger partial charge in [0.1, 0.15) is 0 Å². The molecule has 0 saturated heterocycles. The van der Waals surface area contributed by atoms with Crippen molar-refractivity contribution < 1.29 is 0 Å². The molecule has 0 unspecified atom stereocenters. The second-order valence-electron chi connectivity index (χ2n) is 4.26. The molecule has 2 heteroatoms. The highest BCUT2D eigenvalue weighted by Gasteiger charge is 2.24. The molecule has 2 N–H and O–H groups in total. The van der Waals surface area contributed by atoms with E-state index >= 15 is 0 Å². The van der Waals surface area contributed by atoms with Crippen LogP contribution in [0.5, 0.6) is 0 Å². The largest absolute Gasteiger partial charge is 0.398 e. The first kappa shape index (κ1) is 10.3. The minimum atomic E-state index is 0.674. The Morgan fingerprint density at radius 1 is 1.33 bits per heavy atom. The van der Waals surface area contributed by atoms with Crippen molar-refractivity contribution in [3.05, 3.63) is 23.8 Å². The van der Waals surface area contributed by atoms with Crippen molar-refractivity contribution in [3.63, 3.8) is 0 Å². The first-order valence-electron chi connectivity index (χ1n) is 5.91. The Balaban J connectivity index is 2.32. The minimum absolute atomic E-state index is 0.674. The van der Waals surface area contributed by atoms with Crippen LogP contribution in [-0.2, 0) is 6.42 Å². The maximum Gasteiger partial charge on any atom is 0.0422 e. The summed E-state index contributed by atoms with van der Waals surface area (Å²) in [7, 11) is 0. The van der Waals surface area contributed by atoms with Crippen molar-refractivity contribution in [2.45, 2.75) is 39.2 Å². The van der Waals surface area contributed by atoms with Crippen LogP contribution in [0.4, 0.5) is 11.4 Å². The number of fused-ring (bicyclic) bond motifs is 1. The van der Waals surface area contributed by atoms with Gasteiger partial charge in [0.15, 0.2) is 0 Å². The second kappa shape index (κ2) is 4.13. The van der Waals surface area contributed by atoms with Crippen LogP contribution in [0.1, 0.15) is 32.3 Å². The average molecular weight is 204 g/mol. The monoisotopic (exact) mass is 204 g/mol. The lowest BCUT2D eigenvalue weighted by Gasteiger charge is -2.28. The Labute approximate surface area is 92.1 Å². The number of hydrogen-bond acceptors (Lipinski definition) is 2. The third-order valence-corrected chi connectivity index (χ3v) is 3.48. The quantitative estimate of drug-likeness (QED) is 0.767. The van der Waals surface area contributed by atoms with E-state index in [1.165, 1.54) is 24.1 Å². The van der Waals surface area contributed by atoms with Gasteiger partial charge >= 0.3 is 0 Å². The molecule has 0 bridgehead atoms. The maximum atomic E-state index is 5.99. The molecular formula is C13H20N2. The fourth-order valence-electron chi connectivity index (χ4n) is 2.59. The maximum absolute atomic E-state index is 5.99. The molecule has 0 fully saturated rings. The Bertz CT molecular complexity index is 342. The molecule has 0 amide bonds. The number of nitrogens with two attached hydrogens (primary N) is 1. The Kier molecular flexibility index (Phi) is 2.85. The van der Waals surface area contributed by atoms with Gasteiger partial charge in [0, 0.05) is 29.5 Å². The Hall–Kier alpha value is -1.18. The first-order chi connectivity index (χ1) is 7.27. The topological polar surface area (TPSA) is 29.3 Å². The van der Waals surface area contributed by atoms with Crippen LogP contribution in [0.25, 0.3) is 0 Å². The molecule has 0 spiro atoms. The molecule has 2 nitrogen and oxygen atoms in total. The van der Waals surface area contributed by atoms with E-state index < -0.39 is 0 Å². The highest BCUT2D eigenvalue weighted by molar-refractivity contribution is 5.68. The van der Waals surface area contributed by atoms with Gasteiger partial charge in [-0.3, -0.25) is 0 Å². The molecule has 1 aromatic rings. The molecule has 1 aromatic carbocycles. The van der Waals surface area contributed by atoms with E-state index in [2.05, 4.69) is 30.9 Å². The number of anilines is 2. The molecule has 0 atom stereocenters. The van der Waals surface area contributed by atoms with Crippen molar-refractivity contribution in [3.8, 4) is 0 Å². The smallest absolute Gasteiger partial charge is 0.0422 e. The van der Waals surface area contributed by atoms with Gasteiger partial charge in [-0.2, -0.15) is 0 Å². The van der Waals surface area contributed by atoms with Gasteiger partial charge in [0.25, 0.3) is 0 Å². The van der Waals surface area contributed by atoms with E-state index in [4.69, 9.17) is 5.73 Å². The van der Waals surface area contributed by atoms with Crippen LogP contribution in [-0.4, -0.2) is 12.6 Å². The molecule has 1 heterocycles. The van der Waals surface area contributed by atoms with Gasteiger partial charge in [-0.25, -0.2) is 0 Å². The molecule has 2 rings (SSSR count).